The van der Waals surface area contributed by atoms with Crippen LogP contribution in [0.2, 0.25) is 0 Å². The molecule has 0 fully saturated rings. The van der Waals surface area contributed by atoms with Crippen LogP contribution in [0.1, 0.15) is 11.7 Å². The van der Waals surface area contributed by atoms with E-state index >= 15 is 0 Å². The molecule has 4 aromatic rings. The van der Waals surface area contributed by atoms with Crippen LogP contribution in [-0.2, 0) is 0 Å². The van der Waals surface area contributed by atoms with Crippen LogP contribution in [0, 0.1) is 0 Å². The molecular formula is C24H18BrNO. The van der Waals surface area contributed by atoms with Crippen LogP contribution < -0.4 is 0 Å². The molecule has 0 saturated carbocycles. The summed E-state index contributed by atoms with van der Waals surface area (Å²) in [5.41, 5.74) is 5.40. The first-order chi connectivity index (χ1) is 13.1. The van der Waals surface area contributed by atoms with E-state index in [1.807, 2.05) is 60.7 Å². The highest BCUT2D eigenvalue weighted by molar-refractivity contribution is 9.10. The first-order valence-corrected chi connectivity index (χ1v) is 9.52. The monoisotopic (exact) mass is 415 g/mol. The zero-order valence-electron chi connectivity index (χ0n) is 14.9. The SMILES string of the molecule is C=C(C)C(=O)n1c(-c2ccccc2)c(-c2ccccc2)c2cc(Br)ccc21. The molecule has 0 radical (unpaired) electrons. The second kappa shape index (κ2) is 7.01. The van der Waals surface area contributed by atoms with Crippen molar-refractivity contribution in [3.8, 4) is 22.4 Å². The molecule has 27 heavy (non-hydrogen) atoms. The quantitative estimate of drug-likeness (QED) is 0.331. The van der Waals surface area contributed by atoms with Crippen molar-refractivity contribution in [2.75, 3.05) is 0 Å². The molecule has 0 unspecified atom stereocenters. The summed E-state index contributed by atoms with van der Waals surface area (Å²) in [6.07, 6.45) is 0. The van der Waals surface area contributed by atoms with E-state index < -0.39 is 0 Å². The average Bonchev–Trinajstić information content (AvgIpc) is 3.02. The molecule has 132 valence electrons. The molecule has 4 rings (SSSR count). The van der Waals surface area contributed by atoms with Gasteiger partial charge in [0.2, 0.25) is 0 Å². The number of carbonyl (C=O) groups excluding carboxylic acids is 1. The zero-order chi connectivity index (χ0) is 19.0. The molecule has 1 aromatic heterocycles. The molecule has 0 spiro atoms. The fourth-order valence-corrected chi connectivity index (χ4v) is 3.79. The predicted octanol–water partition coefficient (Wildman–Crippen LogP) is 6.95. The number of hydrogen-bond acceptors (Lipinski definition) is 1. The van der Waals surface area contributed by atoms with Gasteiger partial charge in [-0.15, -0.1) is 0 Å². The predicted molar refractivity (Wildman–Crippen MR) is 116 cm³/mol. The van der Waals surface area contributed by atoms with Crippen LogP contribution in [0.15, 0.2) is 95.5 Å². The van der Waals surface area contributed by atoms with E-state index in [-0.39, 0.29) is 5.91 Å². The van der Waals surface area contributed by atoms with Gasteiger partial charge >= 0.3 is 0 Å². The third-order valence-electron chi connectivity index (χ3n) is 4.61. The van der Waals surface area contributed by atoms with Gasteiger partial charge in [-0.05, 0) is 36.2 Å². The van der Waals surface area contributed by atoms with E-state index in [1.54, 1.807) is 11.5 Å². The Morgan fingerprint density at radius 1 is 0.889 bits per heavy atom. The lowest BCUT2D eigenvalue weighted by molar-refractivity contribution is 0.0962. The largest absolute Gasteiger partial charge is 0.275 e. The standard InChI is InChI=1S/C24H18BrNO/c1-16(2)24(27)26-21-14-13-19(25)15-20(21)22(17-9-5-3-6-10-17)23(26)18-11-7-4-8-12-18/h3-15H,1H2,2H3. The van der Waals surface area contributed by atoms with Crippen LogP contribution in [-0.4, -0.2) is 10.5 Å². The molecular weight excluding hydrogens is 398 g/mol. The average molecular weight is 416 g/mol. The van der Waals surface area contributed by atoms with Gasteiger partial charge in [-0.1, -0.05) is 83.2 Å². The minimum atomic E-state index is -0.0941. The Balaban J connectivity index is 2.21. The van der Waals surface area contributed by atoms with Gasteiger partial charge in [0.1, 0.15) is 0 Å². The number of carbonyl (C=O) groups is 1. The fraction of sp³-hybridized carbons (Fsp3) is 0.0417. The van der Waals surface area contributed by atoms with Gasteiger partial charge in [0, 0.05) is 21.0 Å². The van der Waals surface area contributed by atoms with Gasteiger partial charge in [-0.25, -0.2) is 0 Å². The lowest BCUT2D eigenvalue weighted by Crippen LogP contribution is -2.12. The van der Waals surface area contributed by atoms with Gasteiger partial charge in [0.05, 0.1) is 11.2 Å². The van der Waals surface area contributed by atoms with Gasteiger partial charge in [-0.2, -0.15) is 0 Å². The number of nitrogens with zero attached hydrogens (tertiary/aromatic N) is 1. The van der Waals surface area contributed by atoms with Crippen molar-refractivity contribution in [3.63, 3.8) is 0 Å². The third kappa shape index (κ3) is 3.04. The van der Waals surface area contributed by atoms with E-state index in [2.05, 4.69) is 40.7 Å². The van der Waals surface area contributed by atoms with Crippen molar-refractivity contribution in [2.45, 2.75) is 6.92 Å². The number of aromatic nitrogens is 1. The number of halogens is 1. The van der Waals surface area contributed by atoms with Crippen molar-refractivity contribution in [3.05, 3.63) is 95.5 Å². The Labute approximate surface area is 166 Å². The van der Waals surface area contributed by atoms with E-state index in [0.29, 0.717) is 5.57 Å². The minimum Gasteiger partial charge on any atom is -0.275 e. The molecule has 3 heteroatoms. The molecule has 0 saturated heterocycles. The highest BCUT2D eigenvalue weighted by Gasteiger charge is 2.23. The number of rotatable bonds is 3. The second-order valence-corrected chi connectivity index (χ2v) is 7.45. The van der Waals surface area contributed by atoms with Gasteiger partial charge in [-0.3, -0.25) is 9.36 Å². The normalized spacial score (nSPS) is 10.9. The Bertz CT molecular complexity index is 1160. The molecule has 0 aliphatic carbocycles. The fourth-order valence-electron chi connectivity index (χ4n) is 3.43. The summed E-state index contributed by atoms with van der Waals surface area (Å²) in [4.78, 5) is 13.1. The lowest BCUT2D eigenvalue weighted by Gasteiger charge is -2.12. The van der Waals surface area contributed by atoms with Crippen molar-refractivity contribution in [1.29, 1.82) is 0 Å². The summed E-state index contributed by atoms with van der Waals surface area (Å²) < 4.78 is 2.77. The third-order valence-corrected chi connectivity index (χ3v) is 5.10. The molecule has 3 aromatic carbocycles. The Morgan fingerprint density at radius 2 is 1.48 bits per heavy atom. The van der Waals surface area contributed by atoms with Crippen LogP contribution in [0.25, 0.3) is 33.3 Å². The van der Waals surface area contributed by atoms with Gasteiger partial charge in [0.25, 0.3) is 5.91 Å². The Kier molecular flexibility index (Phi) is 4.54. The Hall–Kier alpha value is -2.91. The zero-order valence-corrected chi connectivity index (χ0v) is 16.5. The van der Waals surface area contributed by atoms with Crippen LogP contribution in [0.4, 0.5) is 0 Å². The highest BCUT2D eigenvalue weighted by atomic mass is 79.9. The van der Waals surface area contributed by atoms with Crippen LogP contribution >= 0.6 is 15.9 Å². The summed E-state index contributed by atoms with van der Waals surface area (Å²) >= 11 is 3.58. The van der Waals surface area contributed by atoms with Crippen molar-refractivity contribution in [2.24, 2.45) is 0 Å². The van der Waals surface area contributed by atoms with Crippen molar-refractivity contribution in [1.82, 2.24) is 4.57 Å². The molecule has 0 amide bonds. The Morgan fingerprint density at radius 3 is 2.07 bits per heavy atom. The van der Waals surface area contributed by atoms with Crippen molar-refractivity contribution < 1.29 is 4.79 Å². The summed E-state index contributed by atoms with van der Waals surface area (Å²) in [5, 5.41) is 1.03. The lowest BCUT2D eigenvalue weighted by atomic mass is 9.98. The molecule has 1 heterocycles. The van der Waals surface area contributed by atoms with Crippen LogP contribution in [0.3, 0.4) is 0 Å². The second-order valence-electron chi connectivity index (χ2n) is 6.54. The van der Waals surface area contributed by atoms with E-state index in [9.17, 15) is 4.79 Å². The first kappa shape index (κ1) is 17.5. The summed E-state index contributed by atoms with van der Waals surface area (Å²) in [6.45, 7) is 5.65. The van der Waals surface area contributed by atoms with E-state index in [4.69, 9.17) is 0 Å². The topological polar surface area (TPSA) is 22.0 Å². The molecule has 0 bridgehead atoms. The molecule has 0 N–H and O–H groups in total. The van der Waals surface area contributed by atoms with E-state index in [1.165, 1.54) is 0 Å². The van der Waals surface area contributed by atoms with E-state index in [0.717, 1.165) is 37.8 Å². The number of allylic oxidation sites excluding steroid dienone is 1. The van der Waals surface area contributed by atoms with Gasteiger partial charge < -0.3 is 0 Å². The van der Waals surface area contributed by atoms with Crippen molar-refractivity contribution >= 4 is 32.7 Å². The first-order valence-electron chi connectivity index (χ1n) is 8.73. The number of fused-ring (bicyclic) bond motifs is 1. The maximum Gasteiger partial charge on any atom is 0.257 e. The summed E-state index contributed by atoms with van der Waals surface area (Å²) in [7, 11) is 0. The van der Waals surface area contributed by atoms with Crippen LogP contribution in [0.5, 0.6) is 0 Å². The number of hydrogen-bond donors (Lipinski definition) is 0. The molecule has 0 aliphatic rings. The summed E-state index contributed by atoms with van der Waals surface area (Å²) in [5.74, 6) is -0.0941. The number of benzene rings is 3. The molecule has 0 aliphatic heterocycles. The highest BCUT2D eigenvalue weighted by Crippen LogP contribution is 2.42. The van der Waals surface area contributed by atoms with Gasteiger partial charge in [0.15, 0.2) is 0 Å². The summed E-state index contributed by atoms with van der Waals surface area (Å²) in [6, 6.07) is 26.3. The minimum absolute atomic E-state index is 0.0941. The smallest absolute Gasteiger partial charge is 0.257 e. The maximum atomic E-state index is 13.1. The molecule has 0 atom stereocenters. The maximum absolute atomic E-state index is 13.1. The molecule has 2 nitrogen and oxygen atoms in total.